The molecule has 0 aliphatic carbocycles. The largest absolute Gasteiger partial charge is 0.466 e. The zero-order chi connectivity index (χ0) is 16.1. The summed E-state index contributed by atoms with van der Waals surface area (Å²) in [5.74, 6) is -0.133. The van der Waals surface area contributed by atoms with Gasteiger partial charge in [-0.1, -0.05) is 54.6 Å². The highest BCUT2D eigenvalue weighted by atomic mass is 16.5. The fourth-order valence-corrected chi connectivity index (χ4v) is 3.15. The second-order valence-corrected chi connectivity index (χ2v) is 5.82. The van der Waals surface area contributed by atoms with Crippen LogP contribution in [0.2, 0.25) is 0 Å². The zero-order valence-corrected chi connectivity index (χ0v) is 13.4. The van der Waals surface area contributed by atoms with Crippen LogP contribution in [0.1, 0.15) is 24.8 Å². The van der Waals surface area contributed by atoms with E-state index in [0.717, 1.165) is 12.0 Å². The van der Waals surface area contributed by atoms with E-state index in [4.69, 9.17) is 9.47 Å². The fourth-order valence-electron chi connectivity index (χ4n) is 3.15. The van der Waals surface area contributed by atoms with Crippen LogP contribution in [-0.4, -0.2) is 25.8 Å². The van der Waals surface area contributed by atoms with Crippen LogP contribution in [0.25, 0.3) is 11.1 Å². The van der Waals surface area contributed by atoms with E-state index in [2.05, 4.69) is 36.4 Å². The van der Waals surface area contributed by atoms with Gasteiger partial charge < -0.3 is 9.47 Å². The number of hydrogen-bond acceptors (Lipinski definition) is 3. The molecule has 0 aromatic heterocycles. The van der Waals surface area contributed by atoms with Crippen LogP contribution >= 0.6 is 0 Å². The molecule has 1 heterocycles. The Morgan fingerprint density at radius 3 is 2.48 bits per heavy atom. The summed E-state index contributed by atoms with van der Waals surface area (Å²) >= 11 is 0. The molecule has 1 aliphatic rings. The first-order valence-electron chi connectivity index (χ1n) is 8.19. The number of esters is 1. The lowest BCUT2D eigenvalue weighted by Gasteiger charge is -2.30. The summed E-state index contributed by atoms with van der Waals surface area (Å²) in [6, 6.07) is 18.7. The molecule has 0 saturated carbocycles. The van der Waals surface area contributed by atoms with Crippen LogP contribution < -0.4 is 0 Å². The number of benzene rings is 2. The van der Waals surface area contributed by atoms with Crippen LogP contribution in [0.15, 0.2) is 54.6 Å². The first kappa shape index (κ1) is 15.8. The number of rotatable bonds is 4. The van der Waals surface area contributed by atoms with Crippen molar-refractivity contribution in [3.8, 4) is 11.1 Å². The first-order chi connectivity index (χ1) is 11.3. The molecule has 3 heteroatoms. The molecule has 0 amide bonds. The lowest BCUT2D eigenvalue weighted by atomic mass is 9.82. The van der Waals surface area contributed by atoms with Crippen molar-refractivity contribution in [1.29, 1.82) is 0 Å². The zero-order valence-electron chi connectivity index (χ0n) is 13.4. The molecule has 1 aliphatic heterocycles. The Hall–Kier alpha value is -2.13. The molecule has 2 unspecified atom stereocenters. The molecule has 0 N–H and O–H groups in total. The second kappa shape index (κ2) is 7.42. The normalized spacial score (nSPS) is 20.9. The number of carbonyl (C=O) groups excluding carboxylic acids is 1. The van der Waals surface area contributed by atoms with E-state index >= 15 is 0 Å². The quantitative estimate of drug-likeness (QED) is 0.800. The minimum absolute atomic E-state index is 0.0765. The monoisotopic (exact) mass is 310 g/mol. The molecule has 2 atom stereocenters. The van der Waals surface area contributed by atoms with Gasteiger partial charge in [0.15, 0.2) is 0 Å². The maximum atomic E-state index is 12.2. The third-order valence-corrected chi connectivity index (χ3v) is 4.39. The summed E-state index contributed by atoms with van der Waals surface area (Å²) in [4.78, 5) is 12.2. The molecular weight excluding hydrogens is 288 g/mol. The molecular formula is C20H22O3. The summed E-state index contributed by atoms with van der Waals surface area (Å²) in [5.41, 5.74) is 3.52. The predicted molar refractivity (Wildman–Crippen MR) is 90.2 cm³/mol. The van der Waals surface area contributed by atoms with Gasteiger partial charge >= 0.3 is 5.97 Å². The van der Waals surface area contributed by atoms with Crippen molar-refractivity contribution in [2.24, 2.45) is 5.92 Å². The van der Waals surface area contributed by atoms with Crippen molar-refractivity contribution < 1.29 is 14.3 Å². The molecule has 1 saturated heterocycles. The molecule has 2 aromatic rings. The molecule has 0 radical (unpaired) electrons. The topological polar surface area (TPSA) is 35.5 Å². The summed E-state index contributed by atoms with van der Waals surface area (Å²) in [6.45, 7) is 3.48. The van der Waals surface area contributed by atoms with Gasteiger partial charge in [-0.05, 0) is 30.0 Å². The van der Waals surface area contributed by atoms with Crippen LogP contribution in [-0.2, 0) is 14.3 Å². The highest BCUT2D eigenvalue weighted by molar-refractivity contribution is 5.74. The predicted octanol–water partition coefficient (Wildman–Crippen LogP) is 4.04. The van der Waals surface area contributed by atoms with Crippen LogP contribution in [0.4, 0.5) is 0 Å². The van der Waals surface area contributed by atoms with Gasteiger partial charge in [-0.15, -0.1) is 0 Å². The Morgan fingerprint density at radius 2 is 1.78 bits per heavy atom. The van der Waals surface area contributed by atoms with Gasteiger partial charge in [-0.3, -0.25) is 4.79 Å². The molecule has 0 bridgehead atoms. The van der Waals surface area contributed by atoms with Gasteiger partial charge in [0.1, 0.15) is 0 Å². The maximum absolute atomic E-state index is 12.2. The van der Waals surface area contributed by atoms with Gasteiger partial charge in [0.2, 0.25) is 0 Å². The van der Waals surface area contributed by atoms with Crippen molar-refractivity contribution in [1.82, 2.24) is 0 Å². The smallest absolute Gasteiger partial charge is 0.309 e. The number of carbonyl (C=O) groups is 1. The Morgan fingerprint density at radius 1 is 1.09 bits per heavy atom. The first-order valence-corrected chi connectivity index (χ1v) is 8.19. The minimum Gasteiger partial charge on any atom is -0.466 e. The standard InChI is InChI=1S/C20H22O3/c1-2-23-20(21)18-12-13-22-14-19(18)17-10-8-16(9-11-17)15-6-4-3-5-7-15/h3-11,18-19H,2,12-14H2,1H3. The van der Waals surface area contributed by atoms with Gasteiger partial charge in [0, 0.05) is 12.5 Å². The van der Waals surface area contributed by atoms with Crippen molar-refractivity contribution >= 4 is 5.97 Å². The van der Waals surface area contributed by atoms with Gasteiger partial charge in [0.05, 0.1) is 19.1 Å². The van der Waals surface area contributed by atoms with Crippen molar-refractivity contribution in [2.75, 3.05) is 19.8 Å². The summed E-state index contributed by atoms with van der Waals surface area (Å²) in [5, 5.41) is 0. The summed E-state index contributed by atoms with van der Waals surface area (Å²) < 4.78 is 10.8. The third-order valence-electron chi connectivity index (χ3n) is 4.39. The van der Waals surface area contributed by atoms with E-state index < -0.39 is 0 Å². The van der Waals surface area contributed by atoms with Gasteiger partial charge in [-0.25, -0.2) is 0 Å². The maximum Gasteiger partial charge on any atom is 0.309 e. The third kappa shape index (κ3) is 3.62. The van der Waals surface area contributed by atoms with Gasteiger partial charge in [-0.2, -0.15) is 0 Å². The van der Waals surface area contributed by atoms with Crippen molar-refractivity contribution in [3.63, 3.8) is 0 Å². The molecule has 3 nitrogen and oxygen atoms in total. The van der Waals surface area contributed by atoms with E-state index in [0.29, 0.717) is 19.8 Å². The lowest BCUT2D eigenvalue weighted by Crippen LogP contribution is -2.32. The average Bonchev–Trinajstić information content (AvgIpc) is 2.63. The van der Waals surface area contributed by atoms with Crippen LogP contribution in [0.5, 0.6) is 0 Å². The highest BCUT2D eigenvalue weighted by Gasteiger charge is 2.33. The van der Waals surface area contributed by atoms with Crippen molar-refractivity contribution in [3.05, 3.63) is 60.2 Å². The molecule has 2 aromatic carbocycles. The van der Waals surface area contributed by atoms with E-state index in [9.17, 15) is 4.79 Å². The lowest BCUT2D eigenvalue weighted by molar-refractivity contribution is -0.152. The Labute approximate surface area is 137 Å². The fraction of sp³-hybridized carbons (Fsp3) is 0.350. The van der Waals surface area contributed by atoms with E-state index in [1.807, 2.05) is 25.1 Å². The molecule has 120 valence electrons. The average molecular weight is 310 g/mol. The van der Waals surface area contributed by atoms with Crippen LogP contribution in [0, 0.1) is 5.92 Å². The molecule has 1 fully saturated rings. The second-order valence-electron chi connectivity index (χ2n) is 5.82. The SMILES string of the molecule is CCOC(=O)C1CCOCC1c1ccc(-c2ccccc2)cc1. The van der Waals surface area contributed by atoms with Crippen molar-refractivity contribution in [2.45, 2.75) is 19.3 Å². The molecule has 0 spiro atoms. The molecule has 23 heavy (non-hydrogen) atoms. The highest BCUT2D eigenvalue weighted by Crippen LogP contribution is 2.33. The summed E-state index contributed by atoms with van der Waals surface area (Å²) in [7, 11) is 0. The van der Waals surface area contributed by atoms with E-state index in [-0.39, 0.29) is 17.8 Å². The summed E-state index contributed by atoms with van der Waals surface area (Å²) in [6.07, 6.45) is 0.726. The van der Waals surface area contributed by atoms with Crippen LogP contribution in [0.3, 0.4) is 0 Å². The number of hydrogen-bond donors (Lipinski definition) is 0. The number of ether oxygens (including phenoxy) is 2. The van der Waals surface area contributed by atoms with E-state index in [1.165, 1.54) is 11.1 Å². The Balaban J connectivity index is 1.81. The molecule has 3 rings (SSSR count). The minimum atomic E-state index is -0.105. The van der Waals surface area contributed by atoms with Gasteiger partial charge in [0.25, 0.3) is 0 Å². The Kier molecular flexibility index (Phi) is 5.09. The van der Waals surface area contributed by atoms with E-state index in [1.54, 1.807) is 0 Å². The Bertz CT molecular complexity index is 634.